The zero-order valence-corrected chi connectivity index (χ0v) is 12.8. The smallest absolute Gasteiger partial charge is 0.336 e. The van der Waals surface area contributed by atoms with E-state index >= 15 is 0 Å². The Morgan fingerprint density at radius 3 is 2.09 bits per heavy atom. The van der Waals surface area contributed by atoms with E-state index < -0.39 is 12.7 Å². The Bertz CT molecular complexity index is 485. The van der Waals surface area contributed by atoms with Gasteiger partial charge in [0, 0.05) is 38.3 Å². The SMILES string of the molecule is Cl.NCc1ccc(C(=O)N2CCN(CC(F)(F)F)CC2)cc1. The second kappa shape index (κ2) is 7.80. The highest BCUT2D eigenvalue weighted by Crippen LogP contribution is 2.18. The summed E-state index contributed by atoms with van der Waals surface area (Å²) in [4.78, 5) is 15.2. The van der Waals surface area contributed by atoms with Gasteiger partial charge in [-0.1, -0.05) is 12.1 Å². The lowest BCUT2D eigenvalue weighted by atomic mass is 10.1. The summed E-state index contributed by atoms with van der Waals surface area (Å²) in [5.74, 6) is -0.148. The summed E-state index contributed by atoms with van der Waals surface area (Å²) in [5.41, 5.74) is 6.96. The van der Waals surface area contributed by atoms with Crippen LogP contribution in [-0.2, 0) is 6.54 Å². The van der Waals surface area contributed by atoms with Crippen molar-refractivity contribution in [2.75, 3.05) is 32.7 Å². The molecular formula is C14H19ClF3N3O. The first-order chi connectivity index (χ1) is 9.89. The molecule has 1 amide bonds. The minimum atomic E-state index is -4.19. The highest BCUT2D eigenvalue weighted by molar-refractivity contribution is 5.94. The molecule has 0 aliphatic carbocycles. The number of halogens is 4. The molecule has 0 bridgehead atoms. The zero-order chi connectivity index (χ0) is 15.5. The lowest BCUT2D eigenvalue weighted by molar-refractivity contribution is -0.148. The first kappa shape index (κ1) is 18.7. The molecule has 22 heavy (non-hydrogen) atoms. The highest BCUT2D eigenvalue weighted by Gasteiger charge is 2.32. The number of nitrogens with zero attached hydrogens (tertiary/aromatic N) is 2. The molecule has 2 N–H and O–H groups in total. The maximum atomic E-state index is 12.3. The van der Waals surface area contributed by atoms with E-state index in [1.165, 1.54) is 4.90 Å². The van der Waals surface area contributed by atoms with Gasteiger partial charge in [0.05, 0.1) is 6.54 Å². The number of nitrogens with two attached hydrogens (primary N) is 1. The molecule has 0 aromatic heterocycles. The van der Waals surface area contributed by atoms with Crippen LogP contribution >= 0.6 is 12.4 Å². The molecule has 0 radical (unpaired) electrons. The number of rotatable bonds is 3. The van der Waals surface area contributed by atoms with Gasteiger partial charge in [-0.3, -0.25) is 9.69 Å². The Kier molecular flexibility index (Phi) is 6.65. The van der Waals surface area contributed by atoms with E-state index in [2.05, 4.69) is 0 Å². The predicted octanol–water partition coefficient (Wildman–Crippen LogP) is 1.89. The van der Waals surface area contributed by atoms with Gasteiger partial charge in [0.25, 0.3) is 5.91 Å². The normalized spacial score (nSPS) is 16.3. The molecule has 8 heteroatoms. The van der Waals surface area contributed by atoms with Crippen LogP contribution in [0.5, 0.6) is 0 Å². The lowest BCUT2D eigenvalue weighted by Gasteiger charge is -2.35. The molecular weight excluding hydrogens is 319 g/mol. The van der Waals surface area contributed by atoms with Crippen LogP contribution < -0.4 is 5.73 Å². The van der Waals surface area contributed by atoms with Crippen molar-refractivity contribution in [3.63, 3.8) is 0 Å². The van der Waals surface area contributed by atoms with Crippen molar-refractivity contribution in [2.45, 2.75) is 12.7 Å². The Morgan fingerprint density at radius 1 is 1.09 bits per heavy atom. The van der Waals surface area contributed by atoms with Crippen molar-refractivity contribution >= 4 is 18.3 Å². The van der Waals surface area contributed by atoms with Crippen molar-refractivity contribution < 1.29 is 18.0 Å². The van der Waals surface area contributed by atoms with E-state index in [-0.39, 0.29) is 31.4 Å². The molecule has 124 valence electrons. The average Bonchev–Trinajstić information content (AvgIpc) is 2.46. The fourth-order valence-corrected chi connectivity index (χ4v) is 2.33. The molecule has 4 nitrogen and oxygen atoms in total. The van der Waals surface area contributed by atoms with Gasteiger partial charge in [0.15, 0.2) is 0 Å². The summed E-state index contributed by atoms with van der Waals surface area (Å²) in [6.45, 7) is 0.601. The third-order valence-corrected chi connectivity index (χ3v) is 3.50. The van der Waals surface area contributed by atoms with E-state index in [9.17, 15) is 18.0 Å². The Hall–Kier alpha value is -1.31. The van der Waals surface area contributed by atoms with Crippen LogP contribution in [0.3, 0.4) is 0 Å². The van der Waals surface area contributed by atoms with Gasteiger partial charge in [-0.25, -0.2) is 0 Å². The van der Waals surface area contributed by atoms with Crippen LogP contribution in [0.25, 0.3) is 0 Å². The Morgan fingerprint density at radius 2 is 1.64 bits per heavy atom. The van der Waals surface area contributed by atoms with Crippen LogP contribution in [0, 0.1) is 0 Å². The van der Waals surface area contributed by atoms with Gasteiger partial charge < -0.3 is 10.6 Å². The number of carbonyl (C=O) groups is 1. The number of benzene rings is 1. The van der Waals surface area contributed by atoms with Gasteiger partial charge in [0.2, 0.25) is 0 Å². The summed E-state index contributed by atoms with van der Waals surface area (Å²) in [6.07, 6.45) is -4.19. The van der Waals surface area contributed by atoms with Gasteiger partial charge >= 0.3 is 6.18 Å². The summed E-state index contributed by atoms with van der Waals surface area (Å²) in [7, 11) is 0. The molecule has 1 aromatic rings. The van der Waals surface area contributed by atoms with E-state index in [0.29, 0.717) is 25.2 Å². The standard InChI is InChI=1S/C14H18F3N3O.ClH/c15-14(16,17)10-19-5-7-20(8-6-19)13(21)12-3-1-11(9-18)2-4-12;/h1-4H,5-10,18H2;1H. The monoisotopic (exact) mass is 337 g/mol. The number of hydrogen-bond acceptors (Lipinski definition) is 3. The number of hydrogen-bond donors (Lipinski definition) is 1. The quantitative estimate of drug-likeness (QED) is 0.916. The van der Waals surface area contributed by atoms with Crippen LogP contribution in [0.15, 0.2) is 24.3 Å². The largest absolute Gasteiger partial charge is 0.401 e. The second-order valence-electron chi connectivity index (χ2n) is 5.08. The fourth-order valence-electron chi connectivity index (χ4n) is 2.33. The fraction of sp³-hybridized carbons (Fsp3) is 0.500. The van der Waals surface area contributed by atoms with Crippen LogP contribution in [0.2, 0.25) is 0 Å². The molecule has 1 heterocycles. The van der Waals surface area contributed by atoms with Crippen LogP contribution in [-0.4, -0.2) is 54.6 Å². The minimum Gasteiger partial charge on any atom is -0.336 e. The third kappa shape index (κ3) is 5.15. The Balaban J connectivity index is 0.00000242. The summed E-state index contributed by atoms with van der Waals surface area (Å²) in [6, 6.07) is 6.97. The zero-order valence-electron chi connectivity index (χ0n) is 12.0. The maximum absolute atomic E-state index is 12.3. The molecule has 0 spiro atoms. The van der Waals surface area contributed by atoms with Crippen LogP contribution in [0.1, 0.15) is 15.9 Å². The van der Waals surface area contributed by atoms with Gasteiger partial charge in [0.1, 0.15) is 0 Å². The van der Waals surface area contributed by atoms with E-state index in [4.69, 9.17) is 5.73 Å². The Labute approximate surface area is 133 Å². The lowest BCUT2D eigenvalue weighted by Crippen LogP contribution is -2.50. The van der Waals surface area contributed by atoms with Crippen molar-refractivity contribution in [1.82, 2.24) is 9.80 Å². The summed E-state index contributed by atoms with van der Waals surface area (Å²) < 4.78 is 36.9. The highest BCUT2D eigenvalue weighted by atomic mass is 35.5. The molecule has 1 fully saturated rings. The van der Waals surface area contributed by atoms with Crippen molar-refractivity contribution in [1.29, 1.82) is 0 Å². The molecule has 0 atom stereocenters. The first-order valence-corrected chi connectivity index (χ1v) is 6.76. The molecule has 0 saturated carbocycles. The van der Waals surface area contributed by atoms with Crippen molar-refractivity contribution in [2.24, 2.45) is 5.73 Å². The molecule has 1 aliphatic heterocycles. The molecule has 2 rings (SSSR count). The van der Waals surface area contributed by atoms with Crippen molar-refractivity contribution in [3.05, 3.63) is 35.4 Å². The van der Waals surface area contributed by atoms with Gasteiger partial charge in [-0.15, -0.1) is 12.4 Å². The second-order valence-corrected chi connectivity index (χ2v) is 5.08. The summed E-state index contributed by atoms with van der Waals surface area (Å²) >= 11 is 0. The molecule has 0 unspecified atom stereocenters. The summed E-state index contributed by atoms with van der Waals surface area (Å²) in [5, 5.41) is 0. The van der Waals surface area contributed by atoms with Gasteiger partial charge in [-0.2, -0.15) is 13.2 Å². The molecule has 1 aliphatic rings. The maximum Gasteiger partial charge on any atom is 0.401 e. The van der Waals surface area contributed by atoms with Crippen molar-refractivity contribution in [3.8, 4) is 0 Å². The van der Waals surface area contributed by atoms with E-state index in [1.54, 1.807) is 29.2 Å². The van der Waals surface area contributed by atoms with Gasteiger partial charge in [-0.05, 0) is 17.7 Å². The molecule has 1 aromatic carbocycles. The number of alkyl halides is 3. The van der Waals surface area contributed by atoms with E-state index in [0.717, 1.165) is 5.56 Å². The third-order valence-electron chi connectivity index (χ3n) is 3.50. The number of carbonyl (C=O) groups excluding carboxylic acids is 1. The first-order valence-electron chi connectivity index (χ1n) is 6.76. The van der Waals surface area contributed by atoms with E-state index in [1.807, 2.05) is 0 Å². The minimum absolute atomic E-state index is 0. The molecule has 1 saturated heterocycles. The predicted molar refractivity (Wildman–Crippen MR) is 80.0 cm³/mol. The topological polar surface area (TPSA) is 49.6 Å². The number of amides is 1. The number of piperazine rings is 1. The average molecular weight is 338 g/mol. The van der Waals surface area contributed by atoms with Crippen LogP contribution in [0.4, 0.5) is 13.2 Å².